The molecule has 1 aromatic heterocycles. The first-order valence-corrected chi connectivity index (χ1v) is 13.8. The fourth-order valence-corrected chi connectivity index (χ4v) is 5.69. The smallest absolute Gasteiger partial charge is 0.345 e. The van der Waals surface area contributed by atoms with Gasteiger partial charge in [0.2, 0.25) is 0 Å². The molecule has 1 atom stereocenters. The van der Waals surface area contributed by atoms with Crippen molar-refractivity contribution in [2.45, 2.75) is 70.9 Å². The number of aromatic nitrogens is 2. The summed E-state index contributed by atoms with van der Waals surface area (Å²) in [5.41, 5.74) is 2.87. The van der Waals surface area contributed by atoms with E-state index >= 15 is 0 Å². The number of hydrogen-bond donors (Lipinski definition) is 1. The van der Waals surface area contributed by atoms with E-state index in [4.69, 9.17) is 14.6 Å². The summed E-state index contributed by atoms with van der Waals surface area (Å²) in [6, 6.07) is 10.8. The number of carboxylic acid groups (broad SMARTS) is 1. The Kier molecular flexibility index (Phi) is 8.55. The number of carboxylic acids is 1. The van der Waals surface area contributed by atoms with Gasteiger partial charge in [-0.05, 0) is 69.0 Å². The minimum Gasteiger partial charge on any atom is -0.481 e. The van der Waals surface area contributed by atoms with Crippen molar-refractivity contribution in [1.82, 2.24) is 14.5 Å². The largest absolute Gasteiger partial charge is 0.481 e. The van der Waals surface area contributed by atoms with Gasteiger partial charge >= 0.3 is 12.6 Å². The molecule has 2 aromatic carbocycles. The highest BCUT2D eigenvalue weighted by atomic mass is 19.3. The summed E-state index contributed by atoms with van der Waals surface area (Å²) >= 11 is 0. The zero-order valence-electron chi connectivity index (χ0n) is 23.1. The number of aryl methyl sites for hydroxylation is 2. The lowest BCUT2D eigenvalue weighted by molar-refractivity contribution is -0.137. The van der Waals surface area contributed by atoms with E-state index in [2.05, 4.69) is 14.6 Å². The quantitative estimate of drug-likeness (QED) is 0.319. The summed E-state index contributed by atoms with van der Waals surface area (Å²) < 4.78 is 58.6. The number of alkyl halides is 2. The van der Waals surface area contributed by atoms with Gasteiger partial charge in [-0.2, -0.15) is 8.78 Å². The number of imidazole rings is 1. The number of rotatable bonds is 11. The topological polar surface area (TPSA) is 86.1 Å². The van der Waals surface area contributed by atoms with E-state index in [1.807, 2.05) is 31.2 Å². The molecule has 1 saturated heterocycles. The van der Waals surface area contributed by atoms with Crippen LogP contribution < -0.4 is 9.47 Å². The van der Waals surface area contributed by atoms with Crippen LogP contribution in [0.4, 0.5) is 13.2 Å². The van der Waals surface area contributed by atoms with Crippen molar-refractivity contribution in [1.29, 1.82) is 0 Å². The van der Waals surface area contributed by atoms with Crippen molar-refractivity contribution in [3.63, 3.8) is 0 Å². The van der Waals surface area contributed by atoms with Crippen LogP contribution in [0.25, 0.3) is 0 Å². The normalized spacial score (nSPS) is 19.3. The summed E-state index contributed by atoms with van der Waals surface area (Å²) in [6.45, 7) is 2.70. The summed E-state index contributed by atoms with van der Waals surface area (Å²) in [6.07, 6.45) is 3.49. The SMILES string of the molecule is Cc1ccc(C2(C)Oc3cccc(C4CCN(Cc5ncc(CCC(=O)O)n5CCOC(F)F)CC4)c3O2)c(F)c1. The van der Waals surface area contributed by atoms with Crippen molar-refractivity contribution >= 4 is 5.97 Å². The number of fused-ring (bicyclic) bond motifs is 1. The number of aliphatic carboxylic acids is 1. The van der Waals surface area contributed by atoms with E-state index in [9.17, 15) is 18.0 Å². The van der Waals surface area contributed by atoms with Gasteiger partial charge < -0.3 is 23.9 Å². The molecule has 8 nitrogen and oxygen atoms in total. The third-order valence-electron chi connectivity index (χ3n) is 7.79. The van der Waals surface area contributed by atoms with Crippen LogP contribution in [0.2, 0.25) is 0 Å². The summed E-state index contributed by atoms with van der Waals surface area (Å²) in [5.74, 6) is -0.437. The Balaban J connectivity index is 1.25. The van der Waals surface area contributed by atoms with E-state index in [-0.39, 0.29) is 37.7 Å². The molecule has 3 heterocycles. The van der Waals surface area contributed by atoms with Crippen molar-refractivity contribution in [2.75, 3.05) is 19.7 Å². The van der Waals surface area contributed by atoms with E-state index in [0.29, 0.717) is 35.1 Å². The Bertz CT molecular complexity index is 1390. The van der Waals surface area contributed by atoms with Crippen molar-refractivity contribution in [3.05, 3.63) is 76.6 Å². The fourth-order valence-electron chi connectivity index (χ4n) is 5.69. The zero-order valence-corrected chi connectivity index (χ0v) is 23.1. The Morgan fingerprint density at radius 1 is 1.22 bits per heavy atom. The zero-order chi connectivity index (χ0) is 29.1. The molecule has 0 spiro atoms. The van der Waals surface area contributed by atoms with Crippen LogP contribution in [0.5, 0.6) is 11.5 Å². The number of hydrogen-bond acceptors (Lipinski definition) is 6. The third kappa shape index (κ3) is 6.51. The minimum absolute atomic E-state index is 0.0744. The molecule has 1 unspecified atom stereocenters. The second-order valence-corrected chi connectivity index (χ2v) is 10.7. The molecule has 0 amide bonds. The van der Waals surface area contributed by atoms with Crippen LogP contribution in [-0.2, 0) is 34.8 Å². The van der Waals surface area contributed by atoms with E-state index in [1.165, 1.54) is 6.07 Å². The first-order valence-electron chi connectivity index (χ1n) is 13.8. The van der Waals surface area contributed by atoms with Crippen LogP contribution >= 0.6 is 0 Å². The Labute approximate surface area is 236 Å². The molecule has 3 aromatic rings. The van der Waals surface area contributed by atoms with Crippen LogP contribution in [-0.4, -0.2) is 51.8 Å². The number of likely N-dealkylation sites (tertiary alicyclic amines) is 1. The molecule has 11 heteroatoms. The van der Waals surface area contributed by atoms with Gasteiger partial charge in [0.05, 0.1) is 25.1 Å². The molecule has 2 aliphatic rings. The number of piperidine rings is 1. The first kappa shape index (κ1) is 28.9. The highest BCUT2D eigenvalue weighted by Crippen LogP contribution is 2.49. The molecule has 0 bridgehead atoms. The lowest BCUT2D eigenvalue weighted by atomic mass is 9.88. The van der Waals surface area contributed by atoms with Crippen LogP contribution in [0.1, 0.15) is 60.3 Å². The number of halogens is 3. The molecule has 220 valence electrons. The molecule has 0 aliphatic carbocycles. The van der Waals surface area contributed by atoms with Crippen molar-refractivity contribution in [3.8, 4) is 11.5 Å². The Morgan fingerprint density at radius 3 is 2.71 bits per heavy atom. The standard InChI is InChI=1S/C30H34F3N3O5/c1-19-6-8-23(24(31)16-19)30(2)40-25-5-3-4-22(28(25)41-30)20-10-12-35(13-11-20)18-26-34-17-21(7-9-27(37)38)36(26)14-15-39-29(32)33/h3-6,8,16-17,20,29H,7,9-15,18H2,1-2H3,(H,37,38). The number of ether oxygens (including phenoxy) is 3. The van der Waals surface area contributed by atoms with Crippen LogP contribution in [0, 0.1) is 12.7 Å². The molecule has 0 radical (unpaired) electrons. The predicted octanol–water partition coefficient (Wildman–Crippen LogP) is 5.61. The van der Waals surface area contributed by atoms with Gasteiger partial charge in [-0.1, -0.05) is 18.2 Å². The highest BCUT2D eigenvalue weighted by Gasteiger charge is 2.42. The lowest BCUT2D eigenvalue weighted by Gasteiger charge is -2.32. The van der Waals surface area contributed by atoms with Gasteiger partial charge in [-0.3, -0.25) is 9.69 Å². The van der Waals surface area contributed by atoms with Crippen LogP contribution in [0.15, 0.2) is 42.6 Å². The van der Waals surface area contributed by atoms with Gasteiger partial charge in [-0.25, -0.2) is 9.37 Å². The van der Waals surface area contributed by atoms with E-state index in [1.54, 1.807) is 23.8 Å². The molecule has 0 saturated carbocycles. The van der Waals surface area contributed by atoms with Gasteiger partial charge in [0.15, 0.2) is 11.5 Å². The molecule has 41 heavy (non-hydrogen) atoms. The van der Waals surface area contributed by atoms with Gasteiger partial charge in [0.25, 0.3) is 5.79 Å². The second kappa shape index (κ2) is 12.1. The number of carbonyl (C=O) groups is 1. The summed E-state index contributed by atoms with van der Waals surface area (Å²) in [5, 5.41) is 9.07. The van der Waals surface area contributed by atoms with Crippen molar-refractivity contribution < 1.29 is 37.3 Å². The van der Waals surface area contributed by atoms with Gasteiger partial charge in [0.1, 0.15) is 11.6 Å². The van der Waals surface area contributed by atoms with E-state index < -0.39 is 18.4 Å². The maximum absolute atomic E-state index is 14.8. The molecule has 5 rings (SSSR count). The van der Waals surface area contributed by atoms with Crippen molar-refractivity contribution in [2.24, 2.45) is 0 Å². The maximum Gasteiger partial charge on any atom is 0.345 e. The van der Waals surface area contributed by atoms with Gasteiger partial charge in [0, 0.05) is 30.9 Å². The second-order valence-electron chi connectivity index (χ2n) is 10.7. The fraction of sp³-hybridized carbons (Fsp3) is 0.467. The molecular weight excluding hydrogens is 539 g/mol. The Hall–Kier alpha value is -3.57. The molecule has 2 aliphatic heterocycles. The number of nitrogens with zero attached hydrogens (tertiary/aromatic N) is 3. The van der Waals surface area contributed by atoms with Gasteiger partial charge in [-0.15, -0.1) is 0 Å². The number of benzene rings is 2. The maximum atomic E-state index is 14.8. The average Bonchev–Trinajstić information content (AvgIpc) is 3.47. The Morgan fingerprint density at radius 2 is 2.00 bits per heavy atom. The van der Waals surface area contributed by atoms with Crippen LogP contribution in [0.3, 0.4) is 0 Å². The molecular formula is C30H34F3N3O5. The summed E-state index contributed by atoms with van der Waals surface area (Å²) in [4.78, 5) is 17.8. The van der Waals surface area contributed by atoms with E-state index in [0.717, 1.165) is 37.1 Å². The lowest BCUT2D eigenvalue weighted by Crippen LogP contribution is -2.34. The minimum atomic E-state index is -2.87. The monoisotopic (exact) mass is 573 g/mol. The summed E-state index contributed by atoms with van der Waals surface area (Å²) in [7, 11) is 0. The first-order chi connectivity index (χ1) is 19.6. The third-order valence-corrected chi connectivity index (χ3v) is 7.79. The highest BCUT2D eigenvalue weighted by molar-refractivity contribution is 5.67. The number of para-hydroxylation sites is 1. The average molecular weight is 574 g/mol. The predicted molar refractivity (Wildman–Crippen MR) is 144 cm³/mol. The molecule has 1 N–H and O–H groups in total. The molecule has 1 fully saturated rings.